The minimum Gasteiger partial charge on any atom is -0.508 e. The summed E-state index contributed by atoms with van der Waals surface area (Å²) in [5.41, 5.74) is 5.23. The van der Waals surface area contributed by atoms with Gasteiger partial charge < -0.3 is 14.3 Å². The highest BCUT2D eigenvalue weighted by Gasteiger charge is 2.14. The molecule has 0 unspecified atom stereocenters. The van der Waals surface area contributed by atoms with Crippen LogP contribution in [0.15, 0.2) is 81.5 Å². The van der Waals surface area contributed by atoms with Gasteiger partial charge in [0.15, 0.2) is 0 Å². The highest BCUT2D eigenvalue weighted by Crippen LogP contribution is 2.32. The van der Waals surface area contributed by atoms with Crippen LogP contribution in [0.3, 0.4) is 0 Å². The first kappa shape index (κ1) is 26.0. The van der Waals surface area contributed by atoms with Crippen LogP contribution in [0, 0.1) is 0 Å². The Morgan fingerprint density at radius 1 is 1.03 bits per heavy atom. The van der Waals surface area contributed by atoms with E-state index in [4.69, 9.17) is 30.7 Å². The van der Waals surface area contributed by atoms with Crippen molar-refractivity contribution in [2.45, 2.75) is 39.0 Å². The average molecular weight is 545 g/mol. The normalized spacial score (nSPS) is 11.8. The van der Waals surface area contributed by atoms with Crippen molar-refractivity contribution < 1.29 is 14.3 Å². The Balaban J connectivity index is 1.63. The first-order chi connectivity index (χ1) is 18.5. The van der Waals surface area contributed by atoms with E-state index in [9.17, 15) is 5.11 Å². The third-order valence-corrected chi connectivity index (χ3v) is 7.53. The fourth-order valence-corrected chi connectivity index (χ4v) is 5.30. The molecule has 2 heterocycles. The lowest BCUT2D eigenvalue weighted by Crippen LogP contribution is -2.05. The van der Waals surface area contributed by atoms with Gasteiger partial charge in [-0.15, -0.1) is 11.3 Å². The molecule has 194 valence electrons. The number of methoxy groups -OCH3 is 1. The van der Waals surface area contributed by atoms with Crippen molar-refractivity contribution in [2.24, 2.45) is 4.99 Å². The number of fused-ring (bicyclic) bond motifs is 1. The van der Waals surface area contributed by atoms with E-state index in [1.807, 2.05) is 60.0 Å². The van der Waals surface area contributed by atoms with Crippen molar-refractivity contribution >= 4 is 39.6 Å². The number of hydrogen-bond acceptors (Lipinski definition) is 6. The monoisotopic (exact) mass is 544 g/mol. The summed E-state index contributed by atoms with van der Waals surface area (Å²) in [6.07, 6.45) is 5.39. The van der Waals surface area contributed by atoms with E-state index < -0.39 is 0 Å². The smallest absolute Gasteiger partial charge is 0.230 e. The molecular weight excluding hydrogens is 516 g/mol. The van der Waals surface area contributed by atoms with Gasteiger partial charge in [0, 0.05) is 33.5 Å². The summed E-state index contributed by atoms with van der Waals surface area (Å²) in [7, 11) is 1.63. The van der Waals surface area contributed by atoms with Gasteiger partial charge >= 0.3 is 0 Å². The fourth-order valence-electron chi connectivity index (χ4n) is 4.34. The van der Waals surface area contributed by atoms with E-state index in [2.05, 4.69) is 13.0 Å². The van der Waals surface area contributed by atoms with Crippen molar-refractivity contribution in [1.29, 1.82) is 0 Å². The standard InChI is InChI=1S/C31H29ClN2O3S/c1-3-4-5-6-8-21-15-22-16-26(31-34-27(19-38-31)20-11-13-23(32)14-12-20)30(37-29(22)18-28(21)35)33-24-9-7-10-25(17-24)36-2/h7,9-19,35H,3-6,8H2,1-2H3. The SMILES string of the molecule is CCCCCCc1cc2cc(-c3nc(-c4ccc(Cl)cc4)cs3)c(=Nc3cccc(OC)c3)oc2cc1O. The predicted molar refractivity (Wildman–Crippen MR) is 155 cm³/mol. The van der Waals surface area contributed by atoms with Crippen LogP contribution >= 0.6 is 22.9 Å². The number of thiazole rings is 1. The number of phenolic OH excluding ortho intramolecular Hbond substituents is 1. The molecule has 0 bridgehead atoms. The quantitative estimate of drug-likeness (QED) is 0.188. The Bertz CT molecular complexity index is 1620. The second-order valence-corrected chi connectivity index (χ2v) is 10.4. The van der Waals surface area contributed by atoms with Crippen molar-refractivity contribution in [1.82, 2.24) is 4.98 Å². The van der Waals surface area contributed by atoms with Gasteiger partial charge in [-0.1, -0.05) is 56.0 Å². The van der Waals surface area contributed by atoms with E-state index in [0.717, 1.165) is 52.0 Å². The first-order valence-corrected chi connectivity index (χ1v) is 14.0. The summed E-state index contributed by atoms with van der Waals surface area (Å²) < 4.78 is 11.7. The third-order valence-electron chi connectivity index (χ3n) is 6.41. The van der Waals surface area contributed by atoms with Gasteiger partial charge in [-0.25, -0.2) is 9.98 Å². The third kappa shape index (κ3) is 5.93. The number of ether oxygens (including phenoxy) is 1. The minimum absolute atomic E-state index is 0.247. The van der Waals surface area contributed by atoms with Crippen LogP contribution in [-0.4, -0.2) is 17.2 Å². The van der Waals surface area contributed by atoms with Crippen LogP contribution < -0.4 is 10.3 Å². The van der Waals surface area contributed by atoms with Crippen LogP contribution in [0.4, 0.5) is 5.69 Å². The van der Waals surface area contributed by atoms with Gasteiger partial charge in [0.25, 0.3) is 0 Å². The molecule has 0 saturated carbocycles. The van der Waals surface area contributed by atoms with Gasteiger partial charge in [-0.05, 0) is 54.8 Å². The van der Waals surface area contributed by atoms with Gasteiger partial charge in [0.05, 0.1) is 24.1 Å². The zero-order chi connectivity index (χ0) is 26.5. The molecule has 0 aliphatic heterocycles. The minimum atomic E-state index is 0.247. The highest BCUT2D eigenvalue weighted by atomic mass is 35.5. The van der Waals surface area contributed by atoms with Gasteiger partial charge in [-0.3, -0.25) is 0 Å². The lowest BCUT2D eigenvalue weighted by atomic mass is 10.0. The summed E-state index contributed by atoms with van der Waals surface area (Å²) in [5.74, 6) is 0.954. The molecule has 0 radical (unpaired) electrons. The Labute approximate surface area is 231 Å². The van der Waals surface area contributed by atoms with Crippen molar-refractivity contribution in [3.05, 3.63) is 88.3 Å². The van der Waals surface area contributed by atoms with Crippen LogP contribution in [0.25, 0.3) is 32.8 Å². The van der Waals surface area contributed by atoms with E-state index in [0.29, 0.717) is 27.6 Å². The molecular formula is C31H29ClN2O3S. The molecule has 0 aliphatic rings. The molecule has 1 N–H and O–H groups in total. The molecule has 0 amide bonds. The molecule has 38 heavy (non-hydrogen) atoms. The Morgan fingerprint density at radius 3 is 2.66 bits per heavy atom. The summed E-state index contributed by atoms with van der Waals surface area (Å²) in [6.45, 7) is 2.20. The number of benzene rings is 3. The first-order valence-electron chi connectivity index (χ1n) is 12.7. The number of nitrogens with zero attached hydrogens (tertiary/aromatic N) is 2. The Morgan fingerprint density at radius 2 is 1.87 bits per heavy atom. The molecule has 5 rings (SSSR count). The molecule has 0 fully saturated rings. The number of phenols is 1. The Hall–Kier alpha value is -3.61. The zero-order valence-corrected chi connectivity index (χ0v) is 23.0. The maximum atomic E-state index is 10.7. The van der Waals surface area contributed by atoms with Crippen molar-refractivity contribution in [2.75, 3.05) is 7.11 Å². The Kier molecular flexibility index (Phi) is 8.11. The highest BCUT2D eigenvalue weighted by molar-refractivity contribution is 7.13. The summed E-state index contributed by atoms with van der Waals surface area (Å²) in [6, 6.07) is 20.9. The van der Waals surface area contributed by atoms with Gasteiger partial charge in [-0.2, -0.15) is 0 Å². The molecule has 5 aromatic rings. The number of aromatic nitrogens is 1. The van der Waals surface area contributed by atoms with Crippen LogP contribution in [0.5, 0.6) is 11.5 Å². The van der Waals surface area contributed by atoms with E-state index in [1.54, 1.807) is 13.2 Å². The number of halogens is 1. The van der Waals surface area contributed by atoms with Crippen LogP contribution in [0.1, 0.15) is 38.2 Å². The molecule has 2 aromatic heterocycles. The maximum Gasteiger partial charge on any atom is 0.230 e. The predicted octanol–water partition coefficient (Wildman–Crippen LogP) is 8.95. The maximum absolute atomic E-state index is 10.7. The summed E-state index contributed by atoms with van der Waals surface area (Å²) >= 11 is 7.61. The lowest BCUT2D eigenvalue weighted by Gasteiger charge is -2.08. The summed E-state index contributed by atoms with van der Waals surface area (Å²) in [4.78, 5) is 9.73. The molecule has 3 aromatic carbocycles. The zero-order valence-electron chi connectivity index (χ0n) is 21.4. The van der Waals surface area contributed by atoms with Crippen molar-refractivity contribution in [3.8, 4) is 33.3 Å². The number of aryl methyl sites for hydroxylation is 1. The van der Waals surface area contributed by atoms with E-state index in [1.165, 1.54) is 24.2 Å². The molecule has 0 spiro atoms. The van der Waals surface area contributed by atoms with Gasteiger partial charge in [0.2, 0.25) is 5.55 Å². The number of aromatic hydroxyl groups is 1. The number of hydrogen-bond donors (Lipinski definition) is 1. The summed E-state index contributed by atoms with van der Waals surface area (Å²) in [5, 5.41) is 15.1. The second-order valence-electron chi connectivity index (χ2n) is 9.15. The van der Waals surface area contributed by atoms with Crippen molar-refractivity contribution in [3.63, 3.8) is 0 Å². The molecule has 0 saturated heterocycles. The lowest BCUT2D eigenvalue weighted by molar-refractivity contribution is 0.415. The second kappa shape index (κ2) is 11.8. The molecule has 5 nitrogen and oxygen atoms in total. The van der Waals surface area contributed by atoms with Gasteiger partial charge in [0.1, 0.15) is 22.1 Å². The fraction of sp³-hybridized carbons (Fsp3) is 0.226. The molecule has 0 atom stereocenters. The largest absolute Gasteiger partial charge is 0.508 e. The molecule has 7 heteroatoms. The molecule has 0 aliphatic carbocycles. The van der Waals surface area contributed by atoms with E-state index >= 15 is 0 Å². The van der Waals surface area contributed by atoms with Crippen LogP contribution in [-0.2, 0) is 6.42 Å². The number of rotatable bonds is 9. The topological polar surface area (TPSA) is 67.9 Å². The van der Waals surface area contributed by atoms with E-state index in [-0.39, 0.29) is 5.75 Å². The average Bonchev–Trinajstić information content (AvgIpc) is 3.42. The van der Waals surface area contributed by atoms with Crippen LogP contribution in [0.2, 0.25) is 5.02 Å². The number of unbranched alkanes of at least 4 members (excludes halogenated alkanes) is 3.